The monoisotopic (exact) mass is 311 g/mol. The predicted molar refractivity (Wildman–Crippen MR) is 76.7 cm³/mol. The van der Waals surface area contributed by atoms with Gasteiger partial charge < -0.3 is 15.5 Å². The molecule has 0 atom stereocenters. The minimum Gasteiger partial charge on any atom is -0.360 e. The number of halogens is 1. The smallest absolute Gasteiger partial charge is 0.239 e. The molecule has 1 amide bonds. The number of amides is 1. The van der Waals surface area contributed by atoms with Gasteiger partial charge in [0.25, 0.3) is 0 Å². The molecule has 0 saturated carbocycles. The first kappa shape index (κ1) is 13.4. The van der Waals surface area contributed by atoms with E-state index in [4.69, 9.17) is 0 Å². The molecular formula is C13H18BrN3O. The molecule has 0 unspecified atom stereocenters. The van der Waals surface area contributed by atoms with Gasteiger partial charge in [-0.2, -0.15) is 0 Å². The molecule has 1 heterocycles. The molecule has 0 aliphatic carbocycles. The second kappa shape index (κ2) is 6.20. The summed E-state index contributed by atoms with van der Waals surface area (Å²) in [6.07, 6.45) is 0. The van der Waals surface area contributed by atoms with Gasteiger partial charge in [-0.1, -0.05) is 22.9 Å². The van der Waals surface area contributed by atoms with Crippen molar-refractivity contribution in [2.45, 2.75) is 13.5 Å². The summed E-state index contributed by atoms with van der Waals surface area (Å²) in [5.41, 5.74) is 2.37. The number of benzene rings is 1. The summed E-state index contributed by atoms with van der Waals surface area (Å²) in [5, 5.41) is 6.18. The van der Waals surface area contributed by atoms with Gasteiger partial charge in [0.2, 0.25) is 5.91 Å². The Bertz CT molecular complexity index is 436. The third-order valence-corrected chi connectivity index (χ3v) is 3.48. The minimum atomic E-state index is 0.0959. The lowest BCUT2D eigenvalue weighted by Crippen LogP contribution is -2.48. The molecule has 1 aromatic rings. The fourth-order valence-electron chi connectivity index (χ4n) is 2.11. The number of hydrogen-bond donors (Lipinski definition) is 2. The van der Waals surface area contributed by atoms with Gasteiger partial charge in [-0.05, 0) is 30.3 Å². The quantitative estimate of drug-likeness (QED) is 0.885. The second-order valence-corrected chi connectivity index (χ2v) is 5.24. The van der Waals surface area contributed by atoms with Crippen LogP contribution in [0.2, 0.25) is 0 Å². The molecular weight excluding hydrogens is 294 g/mol. The first-order chi connectivity index (χ1) is 8.70. The Morgan fingerprint density at radius 1 is 1.50 bits per heavy atom. The largest absolute Gasteiger partial charge is 0.360 e. The van der Waals surface area contributed by atoms with E-state index in [-0.39, 0.29) is 5.91 Å². The van der Waals surface area contributed by atoms with Crippen LogP contribution in [0.5, 0.6) is 0 Å². The van der Waals surface area contributed by atoms with E-state index in [0.717, 1.165) is 36.3 Å². The Kier molecular flexibility index (Phi) is 4.60. The summed E-state index contributed by atoms with van der Waals surface area (Å²) in [4.78, 5) is 13.6. The van der Waals surface area contributed by atoms with E-state index in [9.17, 15) is 4.79 Å². The standard InChI is InChI=1S/C13H18BrN3O/c1-2-15-8-10-7-11(14)3-4-12(10)17-6-5-16-13(18)9-17/h3-4,7,15H,2,5-6,8-9H2,1H3,(H,16,18). The molecule has 0 spiro atoms. The van der Waals surface area contributed by atoms with E-state index in [0.29, 0.717) is 6.54 Å². The van der Waals surface area contributed by atoms with E-state index >= 15 is 0 Å². The van der Waals surface area contributed by atoms with Crippen molar-refractivity contribution in [3.05, 3.63) is 28.2 Å². The second-order valence-electron chi connectivity index (χ2n) is 4.32. The van der Waals surface area contributed by atoms with Crippen LogP contribution in [0.1, 0.15) is 12.5 Å². The van der Waals surface area contributed by atoms with Gasteiger partial charge in [0.1, 0.15) is 0 Å². The maximum atomic E-state index is 11.5. The average Bonchev–Trinajstić information content (AvgIpc) is 2.36. The Morgan fingerprint density at radius 2 is 2.33 bits per heavy atom. The van der Waals surface area contributed by atoms with Crippen molar-refractivity contribution < 1.29 is 4.79 Å². The van der Waals surface area contributed by atoms with Crippen LogP contribution in [0.4, 0.5) is 5.69 Å². The van der Waals surface area contributed by atoms with Crippen molar-refractivity contribution in [2.24, 2.45) is 0 Å². The maximum absolute atomic E-state index is 11.5. The highest BCUT2D eigenvalue weighted by atomic mass is 79.9. The molecule has 18 heavy (non-hydrogen) atoms. The molecule has 1 aliphatic heterocycles. The van der Waals surface area contributed by atoms with Crippen LogP contribution >= 0.6 is 15.9 Å². The number of rotatable bonds is 4. The number of nitrogens with zero attached hydrogens (tertiary/aromatic N) is 1. The third kappa shape index (κ3) is 3.23. The van der Waals surface area contributed by atoms with E-state index < -0.39 is 0 Å². The molecule has 1 aliphatic rings. The molecule has 1 aromatic carbocycles. The van der Waals surface area contributed by atoms with Crippen molar-refractivity contribution >= 4 is 27.5 Å². The lowest BCUT2D eigenvalue weighted by Gasteiger charge is -2.30. The molecule has 0 radical (unpaired) electrons. The van der Waals surface area contributed by atoms with Crippen LogP contribution in [0.3, 0.4) is 0 Å². The van der Waals surface area contributed by atoms with Crippen molar-refractivity contribution in [1.82, 2.24) is 10.6 Å². The summed E-state index contributed by atoms with van der Waals surface area (Å²) in [6.45, 7) is 5.88. The van der Waals surface area contributed by atoms with Gasteiger partial charge in [-0.3, -0.25) is 4.79 Å². The summed E-state index contributed by atoms with van der Waals surface area (Å²) in [6, 6.07) is 6.22. The van der Waals surface area contributed by atoms with Crippen LogP contribution in [-0.4, -0.2) is 32.1 Å². The van der Waals surface area contributed by atoms with Crippen molar-refractivity contribution in [1.29, 1.82) is 0 Å². The molecule has 98 valence electrons. The zero-order valence-electron chi connectivity index (χ0n) is 10.5. The fourth-order valence-corrected chi connectivity index (χ4v) is 2.52. The van der Waals surface area contributed by atoms with Gasteiger partial charge >= 0.3 is 0 Å². The van der Waals surface area contributed by atoms with E-state index in [1.54, 1.807) is 0 Å². The Balaban J connectivity index is 2.21. The molecule has 1 fully saturated rings. The van der Waals surface area contributed by atoms with E-state index in [1.807, 2.05) is 6.07 Å². The molecule has 1 saturated heterocycles. The Labute approximate surface area is 116 Å². The SMILES string of the molecule is CCNCc1cc(Br)ccc1N1CCNC(=O)C1. The highest BCUT2D eigenvalue weighted by molar-refractivity contribution is 9.10. The van der Waals surface area contributed by atoms with Crippen LogP contribution in [0, 0.1) is 0 Å². The first-order valence-electron chi connectivity index (χ1n) is 6.21. The van der Waals surface area contributed by atoms with Crippen molar-refractivity contribution in [2.75, 3.05) is 31.1 Å². The van der Waals surface area contributed by atoms with Crippen LogP contribution in [0.15, 0.2) is 22.7 Å². The van der Waals surface area contributed by atoms with Gasteiger partial charge in [-0.15, -0.1) is 0 Å². The Hall–Kier alpha value is -1.07. The van der Waals surface area contributed by atoms with Crippen molar-refractivity contribution in [3.8, 4) is 0 Å². The van der Waals surface area contributed by atoms with Crippen LogP contribution < -0.4 is 15.5 Å². The number of carbonyl (C=O) groups is 1. The fraction of sp³-hybridized carbons (Fsp3) is 0.462. The summed E-state index contributed by atoms with van der Waals surface area (Å²) >= 11 is 3.50. The normalized spacial score (nSPS) is 15.7. The topological polar surface area (TPSA) is 44.4 Å². The number of hydrogen-bond acceptors (Lipinski definition) is 3. The molecule has 0 aromatic heterocycles. The Morgan fingerprint density at radius 3 is 3.06 bits per heavy atom. The first-order valence-corrected chi connectivity index (χ1v) is 7.01. The lowest BCUT2D eigenvalue weighted by atomic mass is 10.1. The molecule has 5 heteroatoms. The van der Waals surface area contributed by atoms with Gasteiger partial charge in [0, 0.05) is 29.8 Å². The average molecular weight is 312 g/mol. The zero-order valence-corrected chi connectivity index (χ0v) is 12.1. The maximum Gasteiger partial charge on any atom is 0.239 e. The van der Waals surface area contributed by atoms with Gasteiger partial charge in [0.15, 0.2) is 0 Å². The molecule has 2 rings (SSSR count). The summed E-state index contributed by atoms with van der Waals surface area (Å²) in [5.74, 6) is 0.0959. The summed E-state index contributed by atoms with van der Waals surface area (Å²) in [7, 11) is 0. The highest BCUT2D eigenvalue weighted by Gasteiger charge is 2.18. The number of carbonyl (C=O) groups excluding carboxylic acids is 1. The highest BCUT2D eigenvalue weighted by Crippen LogP contribution is 2.25. The number of anilines is 1. The van der Waals surface area contributed by atoms with Crippen molar-refractivity contribution in [3.63, 3.8) is 0 Å². The lowest BCUT2D eigenvalue weighted by molar-refractivity contribution is -0.120. The number of nitrogens with one attached hydrogen (secondary N) is 2. The van der Waals surface area contributed by atoms with E-state index in [2.05, 4.69) is 50.5 Å². The minimum absolute atomic E-state index is 0.0959. The third-order valence-electron chi connectivity index (χ3n) is 2.99. The number of piperazine rings is 1. The molecule has 4 nitrogen and oxygen atoms in total. The van der Waals surface area contributed by atoms with Gasteiger partial charge in [0.05, 0.1) is 6.54 Å². The summed E-state index contributed by atoms with van der Waals surface area (Å²) < 4.78 is 1.07. The molecule has 2 N–H and O–H groups in total. The zero-order chi connectivity index (χ0) is 13.0. The van der Waals surface area contributed by atoms with Crippen LogP contribution in [-0.2, 0) is 11.3 Å². The van der Waals surface area contributed by atoms with Crippen LogP contribution in [0.25, 0.3) is 0 Å². The van der Waals surface area contributed by atoms with Gasteiger partial charge in [-0.25, -0.2) is 0 Å². The predicted octanol–water partition coefficient (Wildman–Crippen LogP) is 1.49. The van der Waals surface area contributed by atoms with E-state index in [1.165, 1.54) is 5.56 Å². The molecule has 0 bridgehead atoms.